The van der Waals surface area contributed by atoms with Gasteiger partial charge in [0.15, 0.2) is 0 Å². The summed E-state index contributed by atoms with van der Waals surface area (Å²) < 4.78 is 0. The summed E-state index contributed by atoms with van der Waals surface area (Å²) in [6.07, 6.45) is 10.7. The van der Waals surface area contributed by atoms with Crippen LogP contribution < -0.4 is 0 Å². The van der Waals surface area contributed by atoms with E-state index >= 15 is 0 Å². The minimum atomic E-state index is 1.15. The molecule has 0 spiro atoms. The Morgan fingerprint density at radius 1 is 1.00 bits per heavy atom. The zero-order valence-electron chi connectivity index (χ0n) is 12.0. The summed E-state index contributed by atoms with van der Waals surface area (Å²) in [5.41, 5.74) is 6.81. The smallest absolute Gasteiger partial charge is 0.0120 e. The van der Waals surface area contributed by atoms with Crippen LogP contribution >= 0.6 is 0 Å². The molecule has 0 saturated carbocycles. The molecule has 0 amide bonds. The molecule has 0 nitrogen and oxygen atoms in total. The zero-order valence-corrected chi connectivity index (χ0v) is 12.0. The van der Waals surface area contributed by atoms with Crippen LogP contribution in [0.15, 0.2) is 12.1 Å². The van der Waals surface area contributed by atoms with E-state index in [0.29, 0.717) is 0 Å². The lowest BCUT2D eigenvalue weighted by atomic mass is 9.94. The Kier molecular flexibility index (Phi) is 5.47. The summed E-state index contributed by atoms with van der Waals surface area (Å²) in [7, 11) is 0. The van der Waals surface area contributed by atoms with E-state index in [-0.39, 0.29) is 0 Å². The van der Waals surface area contributed by atoms with Crippen LogP contribution in [0.5, 0.6) is 0 Å². The van der Waals surface area contributed by atoms with Crippen molar-refractivity contribution in [2.75, 3.05) is 0 Å². The molecule has 0 atom stereocenters. The van der Waals surface area contributed by atoms with E-state index in [4.69, 9.17) is 0 Å². The first-order chi connectivity index (χ1) is 8.07. The molecule has 0 saturated heterocycles. The molecule has 0 heterocycles. The molecule has 0 unspecified atom stereocenters. The maximum absolute atomic E-state index is 3.48. The topological polar surface area (TPSA) is 0 Å². The molecule has 0 aromatic heterocycles. The largest absolute Gasteiger partial charge is 0.0760 e. The Balaban J connectivity index is 2.81. The second-order valence-electron chi connectivity index (χ2n) is 4.98. The summed E-state index contributed by atoms with van der Waals surface area (Å²) in [5.74, 6) is 0. The number of aryl methyl sites for hydroxylation is 2. The molecular weight excluding hydrogens is 204 g/mol. The van der Waals surface area contributed by atoms with Crippen molar-refractivity contribution in [1.82, 2.24) is 0 Å². The molecule has 1 rings (SSSR count). The van der Waals surface area contributed by atoms with Gasteiger partial charge in [0.25, 0.3) is 0 Å². The van der Waals surface area contributed by atoms with Crippen molar-refractivity contribution in [2.24, 2.45) is 0 Å². The Morgan fingerprint density at radius 2 is 1.71 bits per heavy atom. The van der Waals surface area contributed by atoms with Gasteiger partial charge in [-0.25, -0.2) is 0 Å². The number of benzene rings is 1. The van der Waals surface area contributed by atoms with Gasteiger partial charge in [0.05, 0.1) is 0 Å². The molecule has 1 radical (unpaired) electrons. The predicted octanol–water partition coefficient (Wildman–Crippen LogP) is 5.21. The number of allylic oxidation sites excluding steroid dienone is 1. The number of hydrogen-bond donors (Lipinski definition) is 0. The normalized spacial score (nSPS) is 11.4. The first kappa shape index (κ1) is 14.0. The molecule has 17 heavy (non-hydrogen) atoms. The highest BCUT2D eigenvalue weighted by molar-refractivity contribution is 5.46. The van der Waals surface area contributed by atoms with Crippen molar-refractivity contribution in [3.8, 4) is 0 Å². The highest BCUT2D eigenvalue weighted by Gasteiger charge is 2.05. The Bertz CT molecular complexity index is 397. The van der Waals surface area contributed by atoms with Crippen molar-refractivity contribution in [3.63, 3.8) is 0 Å². The second-order valence-corrected chi connectivity index (χ2v) is 4.98. The molecule has 1 aromatic carbocycles. The predicted molar refractivity (Wildman–Crippen MR) is 76.4 cm³/mol. The van der Waals surface area contributed by atoms with Crippen LogP contribution in [0.3, 0.4) is 0 Å². The van der Waals surface area contributed by atoms with Gasteiger partial charge in [-0.05, 0) is 74.4 Å². The summed E-state index contributed by atoms with van der Waals surface area (Å²) in [6, 6.07) is 2.27. The van der Waals surface area contributed by atoms with E-state index in [2.05, 4.69) is 52.8 Å². The summed E-state index contributed by atoms with van der Waals surface area (Å²) in [6.45, 7) is 11.0. The molecule has 0 aliphatic carbocycles. The molecule has 0 bridgehead atoms. The quantitative estimate of drug-likeness (QED) is 0.608. The van der Waals surface area contributed by atoms with E-state index in [1.54, 1.807) is 0 Å². The third-order valence-corrected chi connectivity index (χ3v) is 3.55. The van der Waals surface area contributed by atoms with E-state index in [1.165, 1.54) is 47.1 Å². The third kappa shape index (κ3) is 3.73. The fourth-order valence-electron chi connectivity index (χ4n) is 2.18. The number of hydrogen-bond acceptors (Lipinski definition) is 0. The van der Waals surface area contributed by atoms with E-state index in [9.17, 15) is 0 Å². The maximum Gasteiger partial charge on any atom is -0.0120 e. The summed E-state index contributed by atoms with van der Waals surface area (Å²) >= 11 is 0. The van der Waals surface area contributed by atoms with Crippen LogP contribution in [-0.4, -0.2) is 0 Å². The molecule has 0 fully saturated rings. The van der Waals surface area contributed by atoms with Gasteiger partial charge in [-0.1, -0.05) is 31.9 Å². The molecule has 0 aliphatic rings. The highest BCUT2D eigenvalue weighted by Crippen LogP contribution is 2.21. The van der Waals surface area contributed by atoms with Crippen LogP contribution in [0.25, 0.3) is 0 Å². The van der Waals surface area contributed by atoms with Crippen molar-refractivity contribution in [1.29, 1.82) is 0 Å². The number of rotatable bonds is 5. The van der Waals surface area contributed by atoms with Crippen LogP contribution in [0.4, 0.5) is 0 Å². The fraction of sp³-hybridized carbons (Fsp3) is 0.529. The Labute approximate surface area is 107 Å². The van der Waals surface area contributed by atoms with Gasteiger partial charge >= 0.3 is 0 Å². The van der Waals surface area contributed by atoms with Crippen LogP contribution in [0.1, 0.15) is 60.4 Å². The molecule has 0 heteroatoms. The average Bonchev–Trinajstić information content (AvgIpc) is 2.30. The third-order valence-electron chi connectivity index (χ3n) is 3.55. The lowest BCUT2D eigenvalue weighted by Crippen LogP contribution is -1.95. The monoisotopic (exact) mass is 229 g/mol. The highest BCUT2D eigenvalue weighted by atomic mass is 14.1. The molecular formula is C17H25. The summed E-state index contributed by atoms with van der Waals surface area (Å²) in [5, 5.41) is 0. The van der Waals surface area contributed by atoms with E-state index < -0.39 is 0 Å². The average molecular weight is 229 g/mol. The first-order valence-electron chi connectivity index (χ1n) is 6.73. The van der Waals surface area contributed by atoms with Gasteiger partial charge in [0.2, 0.25) is 0 Å². The standard InChI is InChI=1S/C17H25/c1-6-7-8-9-10-11-17-14(3)12-13(2)15(4)16(17)5/h10,12H,6-9H2,1-5H3. The van der Waals surface area contributed by atoms with Gasteiger partial charge in [-0.2, -0.15) is 0 Å². The molecule has 0 aliphatic heterocycles. The Morgan fingerprint density at radius 3 is 2.35 bits per heavy atom. The van der Waals surface area contributed by atoms with E-state index in [1.807, 2.05) is 0 Å². The SMILES string of the molecule is CCCCC/C=[C]\c1c(C)cc(C)c(C)c1C. The lowest BCUT2D eigenvalue weighted by Gasteiger charge is -2.11. The van der Waals surface area contributed by atoms with Crippen LogP contribution in [0, 0.1) is 33.8 Å². The minimum Gasteiger partial charge on any atom is -0.0760 e. The van der Waals surface area contributed by atoms with E-state index in [0.717, 1.165) is 6.42 Å². The van der Waals surface area contributed by atoms with Gasteiger partial charge in [0.1, 0.15) is 0 Å². The van der Waals surface area contributed by atoms with Gasteiger partial charge in [-0.3, -0.25) is 0 Å². The molecule has 93 valence electrons. The first-order valence-corrected chi connectivity index (χ1v) is 6.73. The van der Waals surface area contributed by atoms with Crippen molar-refractivity contribution >= 4 is 0 Å². The fourth-order valence-corrected chi connectivity index (χ4v) is 2.18. The lowest BCUT2D eigenvalue weighted by molar-refractivity contribution is 0.728. The minimum absolute atomic E-state index is 1.15. The van der Waals surface area contributed by atoms with Gasteiger partial charge in [0, 0.05) is 0 Å². The maximum atomic E-state index is 3.48. The molecule has 0 N–H and O–H groups in total. The zero-order chi connectivity index (χ0) is 12.8. The Hall–Kier alpha value is -1.04. The molecule has 1 aromatic rings. The van der Waals surface area contributed by atoms with Crippen molar-refractivity contribution < 1.29 is 0 Å². The van der Waals surface area contributed by atoms with Gasteiger partial charge in [-0.15, -0.1) is 0 Å². The van der Waals surface area contributed by atoms with Crippen LogP contribution in [-0.2, 0) is 0 Å². The summed E-state index contributed by atoms with van der Waals surface area (Å²) in [4.78, 5) is 0. The van der Waals surface area contributed by atoms with Gasteiger partial charge < -0.3 is 0 Å². The van der Waals surface area contributed by atoms with Crippen molar-refractivity contribution in [3.05, 3.63) is 46.0 Å². The number of unbranched alkanes of at least 4 members (excludes halogenated alkanes) is 3. The van der Waals surface area contributed by atoms with Crippen LogP contribution in [0.2, 0.25) is 0 Å². The second kappa shape index (κ2) is 6.64. The van der Waals surface area contributed by atoms with Crippen molar-refractivity contribution in [2.45, 2.75) is 60.3 Å².